The van der Waals surface area contributed by atoms with E-state index < -0.39 is 12.6 Å². The molecule has 1 aromatic rings. The monoisotopic (exact) mass is 279 g/mol. The highest BCUT2D eigenvalue weighted by Gasteiger charge is 2.26. The Hall–Kier alpha value is -0.550. The molecule has 0 saturated heterocycles. The Bertz CT molecular complexity index is 351. The molecule has 0 radical (unpaired) electrons. The van der Waals surface area contributed by atoms with Gasteiger partial charge in [-0.15, -0.1) is 11.3 Å². The molecule has 1 N–H and O–H groups in total. The molecule has 0 aliphatic carbocycles. The first-order chi connectivity index (χ1) is 8.28. The molecular weight excluding hydrogens is 259 g/mol. The molecule has 1 atom stereocenters. The normalized spacial score (nSPS) is 13.9. The zero-order valence-corrected chi connectivity index (χ0v) is 11.8. The van der Waals surface area contributed by atoms with E-state index in [4.69, 9.17) is 0 Å². The smallest absolute Gasteiger partial charge is 0.309 e. The second-order valence-corrected chi connectivity index (χ2v) is 6.08. The molecule has 1 heterocycles. The fourth-order valence-electron chi connectivity index (χ4n) is 1.72. The van der Waals surface area contributed by atoms with Gasteiger partial charge >= 0.3 is 6.18 Å². The van der Waals surface area contributed by atoms with E-state index in [0.717, 1.165) is 6.54 Å². The van der Waals surface area contributed by atoms with E-state index in [0.29, 0.717) is 6.42 Å². The van der Waals surface area contributed by atoms with Gasteiger partial charge in [-0.25, -0.2) is 0 Å². The van der Waals surface area contributed by atoms with E-state index in [1.807, 2.05) is 6.92 Å². The maximum atomic E-state index is 12.0. The second kappa shape index (κ2) is 6.57. The van der Waals surface area contributed by atoms with Crippen LogP contribution in [0, 0.1) is 13.8 Å². The van der Waals surface area contributed by atoms with Crippen LogP contribution in [0.5, 0.6) is 0 Å². The second-order valence-electron chi connectivity index (χ2n) is 4.74. The van der Waals surface area contributed by atoms with Gasteiger partial charge in [0.1, 0.15) is 0 Å². The van der Waals surface area contributed by atoms with Gasteiger partial charge in [0.15, 0.2) is 0 Å². The number of hydrogen-bond acceptors (Lipinski definition) is 2. The van der Waals surface area contributed by atoms with Crippen molar-refractivity contribution < 1.29 is 13.2 Å². The Kier molecular flexibility index (Phi) is 5.66. The molecular formula is C13H20F3NS. The Balaban J connectivity index is 2.23. The number of aryl methyl sites for hydroxylation is 2. The van der Waals surface area contributed by atoms with Crippen LogP contribution in [0.3, 0.4) is 0 Å². The van der Waals surface area contributed by atoms with Crippen molar-refractivity contribution in [2.24, 2.45) is 0 Å². The highest BCUT2D eigenvalue weighted by Crippen LogP contribution is 2.23. The molecule has 0 saturated carbocycles. The van der Waals surface area contributed by atoms with E-state index in [2.05, 4.69) is 25.2 Å². The lowest BCUT2D eigenvalue weighted by molar-refractivity contribution is -0.135. The number of halogens is 3. The fourth-order valence-corrected chi connectivity index (χ4v) is 2.73. The van der Waals surface area contributed by atoms with Crippen molar-refractivity contribution in [1.29, 1.82) is 0 Å². The van der Waals surface area contributed by atoms with Crippen LogP contribution in [-0.2, 0) is 6.54 Å². The average molecular weight is 279 g/mol. The summed E-state index contributed by atoms with van der Waals surface area (Å²) in [6.07, 6.45) is -3.96. The van der Waals surface area contributed by atoms with Gasteiger partial charge in [0, 0.05) is 28.8 Å². The van der Waals surface area contributed by atoms with Gasteiger partial charge in [-0.1, -0.05) is 0 Å². The molecule has 0 aromatic carbocycles. The number of nitrogens with one attached hydrogen (secondary N) is 1. The highest BCUT2D eigenvalue weighted by atomic mass is 32.1. The van der Waals surface area contributed by atoms with Crippen LogP contribution in [0.2, 0.25) is 0 Å². The number of rotatable bonds is 6. The Morgan fingerprint density at radius 1 is 1.33 bits per heavy atom. The predicted octanol–water partition coefficient (Wildman–Crippen LogP) is 4.58. The zero-order chi connectivity index (χ0) is 13.8. The van der Waals surface area contributed by atoms with E-state index in [-0.39, 0.29) is 12.5 Å². The minimum Gasteiger partial charge on any atom is -0.309 e. The van der Waals surface area contributed by atoms with Crippen LogP contribution in [0.1, 0.15) is 41.5 Å². The summed E-state index contributed by atoms with van der Waals surface area (Å²) in [6.45, 7) is 6.83. The molecule has 0 spiro atoms. The first-order valence-electron chi connectivity index (χ1n) is 6.14. The summed E-state index contributed by atoms with van der Waals surface area (Å²) in [5, 5.41) is 3.27. The Labute approximate surface area is 110 Å². The van der Waals surface area contributed by atoms with Gasteiger partial charge in [-0.3, -0.25) is 0 Å². The van der Waals surface area contributed by atoms with Gasteiger partial charge in [-0.05, 0) is 45.2 Å². The maximum absolute atomic E-state index is 12.0. The van der Waals surface area contributed by atoms with Gasteiger partial charge < -0.3 is 5.32 Å². The van der Waals surface area contributed by atoms with Crippen molar-refractivity contribution in [2.45, 2.75) is 58.8 Å². The predicted molar refractivity (Wildman–Crippen MR) is 70.0 cm³/mol. The molecule has 1 unspecified atom stereocenters. The molecule has 1 nitrogen and oxygen atoms in total. The van der Waals surface area contributed by atoms with Gasteiger partial charge in [0.2, 0.25) is 0 Å². The van der Waals surface area contributed by atoms with Crippen LogP contribution in [-0.4, -0.2) is 12.2 Å². The summed E-state index contributed by atoms with van der Waals surface area (Å²) in [6, 6.07) is 2.25. The van der Waals surface area contributed by atoms with Crippen molar-refractivity contribution >= 4 is 11.3 Å². The van der Waals surface area contributed by atoms with Crippen LogP contribution < -0.4 is 5.32 Å². The van der Waals surface area contributed by atoms with E-state index in [9.17, 15) is 13.2 Å². The van der Waals surface area contributed by atoms with Crippen molar-refractivity contribution in [3.8, 4) is 0 Å². The first-order valence-corrected chi connectivity index (χ1v) is 6.95. The van der Waals surface area contributed by atoms with Crippen LogP contribution in [0.4, 0.5) is 13.2 Å². The summed E-state index contributed by atoms with van der Waals surface area (Å²) < 4.78 is 36.0. The summed E-state index contributed by atoms with van der Waals surface area (Å²) in [7, 11) is 0. The Morgan fingerprint density at radius 2 is 2.00 bits per heavy atom. The van der Waals surface area contributed by atoms with Crippen molar-refractivity contribution in [1.82, 2.24) is 5.32 Å². The molecule has 0 aliphatic heterocycles. The standard InChI is InChI=1S/C13H20F3NS/c1-9-7-12(18-11(9)3)8-17-10(2)5-4-6-13(14,15)16/h7,10,17H,4-6,8H2,1-3H3. The van der Waals surface area contributed by atoms with Gasteiger partial charge in [0.05, 0.1) is 0 Å². The van der Waals surface area contributed by atoms with Crippen molar-refractivity contribution in [3.05, 3.63) is 21.4 Å². The highest BCUT2D eigenvalue weighted by molar-refractivity contribution is 7.12. The molecule has 0 amide bonds. The molecule has 104 valence electrons. The third-order valence-corrected chi connectivity index (χ3v) is 4.09. The topological polar surface area (TPSA) is 12.0 Å². The van der Waals surface area contributed by atoms with Gasteiger partial charge in [0.25, 0.3) is 0 Å². The molecule has 5 heteroatoms. The van der Waals surface area contributed by atoms with E-state index >= 15 is 0 Å². The minimum atomic E-state index is -4.03. The lowest BCUT2D eigenvalue weighted by Crippen LogP contribution is -2.25. The lowest BCUT2D eigenvalue weighted by atomic mass is 10.1. The average Bonchev–Trinajstić information content (AvgIpc) is 2.54. The number of alkyl halides is 3. The number of thiophene rings is 1. The van der Waals surface area contributed by atoms with Crippen LogP contribution >= 0.6 is 11.3 Å². The third-order valence-electron chi connectivity index (χ3n) is 2.94. The molecule has 18 heavy (non-hydrogen) atoms. The first kappa shape index (κ1) is 15.5. The van der Waals surface area contributed by atoms with Gasteiger partial charge in [-0.2, -0.15) is 13.2 Å². The molecule has 0 aliphatic rings. The number of hydrogen-bond donors (Lipinski definition) is 1. The maximum Gasteiger partial charge on any atom is 0.389 e. The van der Waals surface area contributed by atoms with Crippen LogP contribution in [0.25, 0.3) is 0 Å². The van der Waals surface area contributed by atoms with E-state index in [1.54, 1.807) is 11.3 Å². The van der Waals surface area contributed by atoms with Crippen LogP contribution in [0.15, 0.2) is 6.07 Å². The summed E-state index contributed by atoms with van der Waals surface area (Å²) in [5.74, 6) is 0. The molecule has 0 bridgehead atoms. The van der Waals surface area contributed by atoms with E-state index in [1.165, 1.54) is 15.3 Å². The Morgan fingerprint density at radius 3 is 2.50 bits per heavy atom. The summed E-state index contributed by atoms with van der Waals surface area (Å²) >= 11 is 1.74. The molecule has 0 fully saturated rings. The van der Waals surface area contributed by atoms with Crippen molar-refractivity contribution in [2.75, 3.05) is 0 Å². The SMILES string of the molecule is Cc1cc(CNC(C)CCCC(F)(F)F)sc1C. The lowest BCUT2D eigenvalue weighted by Gasteiger charge is -2.13. The summed E-state index contributed by atoms with van der Waals surface area (Å²) in [5.41, 5.74) is 1.28. The third kappa shape index (κ3) is 5.87. The molecule has 1 aromatic heterocycles. The molecule has 1 rings (SSSR count). The largest absolute Gasteiger partial charge is 0.389 e. The minimum absolute atomic E-state index is 0.120. The quantitative estimate of drug-likeness (QED) is 0.804. The summed E-state index contributed by atoms with van der Waals surface area (Å²) in [4.78, 5) is 2.55. The zero-order valence-electron chi connectivity index (χ0n) is 11.0. The van der Waals surface area contributed by atoms with Crippen molar-refractivity contribution in [3.63, 3.8) is 0 Å². The fraction of sp³-hybridized carbons (Fsp3) is 0.692.